The lowest BCUT2D eigenvalue weighted by atomic mass is 9.96. The summed E-state index contributed by atoms with van der Waals surface area (Å²) in [7, 11) is 0. The van der Waals surface area contributed by atoms with Crippen molar-refractivity contribution >= 4 is 22.9 Å². The fourth-order valence-electron chi connectivity index (χ4n) is 1.91. The number of nitrogen functional groups attached to an aromatic ring is 1. The van der Waals surface area contributed by atoms with Gasteiger partial charge in [-0.3, -0.25) is 0 Å². The van der Waals surface area contributed by atoms with E-state index in [9.17, 15) is 0 Å². The highest BCUT2D eigenvalue weighted by Gasteiger charge is 2.07. The SMILES string of the molecule is CCC=C(CCCCCl)c1cc(C#N)ccc1N. The lowest BCUT2D eigenvalue weighted by Crippen LogP contribution is -1.96. The molecule has 3 heteroatoms. The highest BCUT2D eigenvalue weighted by molar-refractivity contribution is 6.17. The largest absolute Gasteiger partial charge is 0.398 e. The van der Waals surface area contributed by atoms with E-state index in [1.54, 1.807) is 12.1 Å². The third-order valence-electron chi connectivity index (χ3n) is 2.81. The average Bonchev–Trinajstić information content (AvgIpc) is 2.39. The molecule has 0 amide bonds. The Balaban J connectivity index is 2.98. The van der Waals surface area contributed by atoms with Gasteiger partial charge in [0.15, 0.2) is 0 Å². The monoisotopic (exact) mass is 262 g/mol. The molecule has 0 bridgehead atoms. The maximum atomic E-state index is 8.95. The van der Waals surface area contributed by atoms with Crippen LogP contribution in [0, 0.1) is 11.3 Å². The van der Waals surface area contributed by atoms with E-state index in [-0.39, 0.29) is 0 Å². The minimum Gasteiger partial charge on any atom is -0.398 e. The fraction of sp³-hybridized carbons (Fsp3) is 0.400. The summed E-state index contributed by atoms with van der Waals surface area (Å²) in [5.74, 6) is 0.688. The summed E-state index contributed by atoms with van der Waals surface area (Å²) in [6, 6.07) is 7.58. The van der Waals surface area contributed by atoms with Gasteiger partial charge >= 0.3 is 0 Å². The number of hydrogen-bond donors (Lipinski definition) is 1. The molecule has 0 spiro atoms. The third-order valence-corrected chi connectivity index (χ3v) is 3.08. The zero-order valence-electron chi connectivity index (χ0n) is 10.7. The Morgan fingerprint density at radius 2 is 2.22 bits per heavy atom. The van der Waals surface area contributed by atoms with Gasteiger partial charge in [0.25, 0.3) is 0 Å². The van der Waals surface area contributed by atoms with Crippen molar-refractivity contribution in [1.29, 1.82) is 5.26 Å². The molecule has 0 aliphatic carbocycles. The molecule has 1 aromatic rings. The van der Waals surface area contributed by atoms with Crippen molar-refractivity contribution in [1.82, 2.24) is 0 Å². The van der Waals surface area contributed by atoms with Gasteiger partial charge in [0.05, 0.1) is 11.6 Å². The van der Waals surface area contributed by atoms with Crippen molar-refractivity contribution in [2.45, 2.75) is 32.6 Å². The number of nitrogens with two attached hydrogens (primary N) is 1. The van der Waals surface area contributed by atoms with Crippen LogP contribution in [0.1, 0.15) is 43.7 Å². The van der Waals surface area contributed by atoms with Crippen LogP contribution in [0.3, 0.4) is 0 Å². The maximum Gasteiger partial charge on any atom is 0.0991 e. The summed E-state index contributed by atoms with van der Waals surface area (Å²) in [4.78, 5) is 0. The molecular weight excluding hydrogens is 244 g/mol. The molecule has 0 radical (unpaired) electrons. The van der Waals surface area contributed by atoms with E-state index in [1.165, 1.54) is 5.57 Å². The van der Waals surface area contributed by atoms with Crippen LogP contribution < -0.4 is 5.73 Å². The first-order valence-electron chi connectivity index (χ1n) is 6.28. The second kappa shape index (κ2) is 7.79. The number of allylic oxidation sites excluding steroid dienone is 2. The van der Waals surface area contributed by atoms with Gasteiger partial charge in [-0.25, -0.2) is 0 Å². The van der Waals surface area contributed by atoms with E-state index in [0.29, 0.717) is 11.4 Å². The number of nitriles is 1. The summed E-state index contributed by atoms with van der Waals surface area (Å²) in [6.07, 6.45) is 6.15. The average molecular weight is 263 g/mol. The Morgan fingerprint density at radius 3 is 2.83 bits per heavy atom. The fourth-order valence-corrected chi connectivity index (χ4v) is 2.10. The van der Waals surface area contributed by atoms with Gasteiger partial charge in [-0.05, 0) is 49.5 Å². The molecule has 1 rings (SSSR count). The topological polar surface area (TPSA) is 49.8 Å². The molecule has 2 N–H and O–H groups in total. The zero-order chi connectivity index (χ0) is 13.4. The number of benzene rings is 1. The number of halogens is 1. The van der Waals surface area contributed by atoms with Crippen LogP contribution in [0.15, 0.2) is 24.3 Å². The predicted octanol–water partition coefficient (Wildman–Crippen LogP) is 4.34. The van der Waals surface area contributed by atoms with Gasteiger partial charge in [0.1, 0.15) is 0 Å². The molecule has 0 unspecified atom stereocenters. The highest BCUT2D eigenvalue weighted by Crippen LogP contribution is 2.27. The maximum absolute atomic E-state index is 8.95. The number of alkyl halides is 1. The van der Waals surface area contributed by atoms with Crippen LogP contribution in [-0.2, 0) is 0 Å². The molecule has 0 saturated carbocycles. The molecule has 18 heavy (non-hydrogen) atoms. The number of hydrogen-bond acceptors (Lipinski definition) is 2. The van der Waals surface area contributed by atoms with E-state index in [0.717, 1.165) is 36.9 Å². The summed E-state index contributed by atoms with van der Waals surface area (Å²) >= 11 is 5.70. The second-order valence-corrected chi connectivity index (χ2v) is 4.58. The van der Waals surface area contributed by atoms with Crippen LogP contribution >= 0.6 is 11.6 Å². The van der Waals surface area contributed by atoms with Crippen LogP contribution in [-0.4, -0.2) is 5.88 Å². The molecule has 96 valence electrons. The first-order valence-corrected chi connectivity index (χ1v) is 6.81. The van der Waals surface area contributed by atoms with Crippen molar-refractivity contribution < 1.29 is 0 Å². The second-order valence-electron chi connectivity index (χ2n) is 4.20. The molecule has 0 aromatic heterocycles. The van der Waals surface area contributed by atoms with Crippen molar-refractivity contribution in [3.05, 3.63) is 35.4 Å². The molecule has 2 nitrogen and oxygen atoms in total. The lowest BCUT2D eigenvalue weighted by Gasteiger charge is -2.11. The molecule has 0 aliphatic rings. The molecular formula is C15H19ClN2. The van der Waals surface area contributed by atoms with Gasteiger partial charge in [0, 0.05) is 17.1 Å². The molecule has 0 aliphatic heterocycles. The van der Waals surface area contributed by atoms with Crippen molar-refractivity contribution in [3.8, 4) is 6.07 Å². The smallest absolute Gasteiger partial charge is 0.0991 e. The highest BCUT2D eigenvalue weighted by atomic mass is 35.5. The van der Waals surface area contributed by atoms with Gasteiger partial charge in [-0.1, -0.05) is 13.0 Å². The zero-order valence-corrected chi connectivity index (χ0v) is 11.5. The van der Waals surface area contributed by atoms with E-state index in [2.05, 4.69) is 19.1 Å². The molecule has 0 saturated heterocycles. The summed E-state index contributed by atoms with van der Waals surface area (Å²) in [5.41, 5.74) is 9.60. The van der Waals surface area contributed by atoms with Crippen LogP contribution in [0.2, 0.25) is 0 Å². The van der Waals surface area contributed by atoms with Gasteiger partial charge in [-0.15, -0.1) is 11.6 Å². The van der Waals surface area contributed by atoms with Crippen LogP contribution in [0.4, 0.5) is 5.69 Å². The molecule has 0 heterocycles. The predicted molar refractivity (Wildman–Crippen MR) is 78.4 cm³/mol. The van der Waals surface area contributed by atoms with Crippen molar-refractivity contribution in [2.24, 2.45) is 0 Å². The Hall–Kier alpha value is -1.46. The van der Waals surface area contributed by atoms with E-state index < -0.39 is 0 Å². The molecule has 1 aromatic carbocycles. The Morgan fingerprint density at radius 1 is 1.44 bits per heavy atom. The molecule has 0 fully saturated rings. The Labute approximate surface area is 114 Å². The van der Waals surface area contributed by atoms with Crippen molar-refractivity contribution in [2.75, 3.05) is 11.6 Å². The number of unbranched alkanes of at least 4 members (excludes halogenated alkanes) is 1. The van der Waals surface area contributed by atoms with Gasteiger partial charge in [0.2, 0.25) is 0 Å². The van der Waals surface area contributed by atoms with Gasteiger partial charge < -0.3 is 5.73 Å². The lowest BCUT2D eigenvalue weighted by molar-refractivity contribution is 0.828. The first-order chi connectivity index (χ1) is 8.72. The van der Waals surface area contributed by atoms with Crippen molar-refractivity contribution in [3.63, 3.8) is 0 Å². The summed E-state index contributed by atoms with van der Waals surface area (Å²) in [5, 5.41) is 8.95. The number of rotatable bonds is 6. The minimum absolute atomic E-state index is 0.651. The van der Waals surface area contributed by atoms with Crippen LogP contribution in [0.5, 0.6) is 0 Å². The van der Waals surface area contributed by atoms with Crippen LogP contribution in [0.25, 0.3) is 5.57 Å². The Bertz CT molecular complexity index is 458. The van der Waals surface area contributed by atoms with Gasteiger partial charge in [-0.2, -0.15) is 5.26 Å². The van der Waals surface area contributed by atoms with E-state index in [4.69, 9.17) is 22.6 Å². The Kier molecular flexibility index (Phi) is 6.32. The minimum atomic E-state index is 0.651. The number of anilines is 1. The summed E-state index contributed by atoms with van der Waals surface area (Å²) < 4.78 is 0. The quantitative estimate of drug-likeness (QED) is 0.471. The first kappa shape index (κ1) is 14.6. The normalized spacial score (nSPS) is 11.3. The van der Waals surface area contributed by atoms with E-state index in [1.807, 2.05) is 6.07 Å². The standard InChI is InChI=1S/C15H19ClN2/c1-2-5-13(6-3-4-9-16)14-10-12(11-17)7-8-15(14)18/h5,7-8,10H,2-4,6,9,18H2,1H3. The summed E-state index contributed by atoms with van der Waals surface area (Å²) in [6.45, 7) is 2.10. The number of nitrogens with zero attached hydrogens (tertiary/aromatic N) is 1. The molecule has 0 atom stereocenters. The third kappa shape index (κ3) is 4.09. The van der Waals surface area contributed by atoms with E-state index >= 15 is 0 Å².